The average Bonchev–Trinajstić information content (AvgIpc) is 2.17. The summed E-state index contributed by atoms with van der Waals surface area (Å²) in [5, 5.41) is 9.99. The molecular formula is C13H24O2. The quantitative estimate of drug-likeness (QED) is 0.560. The molecule has 1 aliphatic carbocycles. The minimum Gasteiger partial charge on any atom is -0.389 e. The normalized spacial score (nSPS) is 20.3. The molecule has 2 nitrogen and oxygen atoms in total. The zero-order valence-corrected chi connectivity index (χ0v) is 9.87. The van der Waals surface area contributed by atoms with E-state index in [9.17, 15) is 5.11 Å². The molecule has 0 saturated carbocycles. The molecule has 88 valence electrons. The molecule has 0 heterocycles. The van der Waals surface area contributed by atoms with Gasteiger partial charge in [0.05, 0.1) is 6.10 Å². The summed E-state index contributed by atoms with van der Waals surface area (Å²) in [6.07, 6.45) is 11.3. The average molecular weight is 212 g/mol. The van der Waals surface area contributed by atoms with E-state index < -0.39 is 0 Å². The van der Waals surface area contributed by atoms with Crippen LogP contribution in [0.15, 0.2) is 11.6 Å². The molecule has 0 aromatic heterocycles. The van der Waals surface area contributed by atoms with Crippen LogP contribution in [0.1, 0.15) is 51.4 Å². The van der Waals surface area contributed by atoms with Gasteiger partial charge >= 0.3 is 0 Å². The Hall–Kier alpha value is -0.340. The van der Waals surface area contributed by atoms with E-state index >= 15 is 0 Å². The molecule has 0 radical (unpaired) electrons. The van der Waals surface area contributed by atoms with Crippen molar-refractivity contribution in [3.63, 3.8) is 0 Å². The van der Waals surface area contributed by atoms with Crippen LogP contribution >= 0.6 is 0 Å². The maximum atomic E-state index is 9.99. The molecule has 0 saturated heterocycles. The van der Waals surface area contributed by atoms with Crippen LogP contribution in [0.25, 0.3) is 0 Å². The predicted molar refractivity (Wildman–Crippen MR) is 62.9 cm³/mol. The maximum absolute atomic E-state index is 9.99. The van der Waals surface area contributed by atoms with Gasteiger partial charge in [-0.1, -0.05) is 18.9 Å². The third kappa shape index (κ3) is 5.33. The Morgan fingerprint density at radius 2 is 2.13 bits per heavy atom. The Morgan fingerprint density at radius 3 is 2.93 bits per heavy atom. The van der Waals surface area contributed by atoms with Crippen LogP contribution in [-0.4, -0.2) is 24.9 Å². The fourth-order valence-electron chi connectivity index (χ4n) is 2.13. The monoisotopic (exact) mass is 212 g/mol. The molecule has 0 amide bonds. The Labute approximate surface area is 93.3 Å². The first-order valence-electron chi connectivity index (χ1n) is 6.20. The highest BCUT2D eigenvalue weighted by molar-refractivity contribution is 5.08. The lowest BCUT2D eigenvalue weighted by Gasteiger charge is -2.17. The van der Waals surface area contributed by atoms with Gasteiger partial charge in [0.15, 0.2) is 0 Å². The number of ether oxygens (including phenoxy) is 1. The van der Waals surface area contributed by atoms with Crippen LogP contribution in [0.2, 0.25) is 0 Å². The molecule has 1 N–H and O–H groups in total. The lowest BCUT2D eigenvalue weighted by atomic mass is 9.94. The van der Waals surface area contributed by atoms with E-state index in [2.05, 4.69) is 6.08 Å². The van der Waals surface area contributed by atoms with E-state index in [1.165, 1.54) is 31.3 Å². The van der Waals surface area contributed by atoms with Crippen molar-refractivity contribution in [2.24, 2.45) is 0 Å². The van der Waals surface area contributed by atoms with Gasteiger partial charge in [-0.05, 0) is 44.1 Å². The Kier molecular flexibility index (Phi) is 6.69. The second-order valence-corrected chi connectivity index (χ2v) is 4.38. The smallest absolute Gasteiger partial charge is 0.0751 e. The van der Waals surface area contributed by atoms with Gasteiger partial charge in [0.1, 0.15) is 0 Å². The first-order valence-corrected chi connectivity index (χ1v) is 6.20. The summed E-state index contributed by atoms with van der Waals surface area (Å²) in [6, 6.07) is 0. The summed E-state index contributed by atoms with van der Waals surface area (Å²) in [7, 11) is 1.71. The summed E-state index contributed by atoms with van der Waals surface area (Å²) in [6.45, 7) is 0.754. The molecule has 15 heavy (non-hydrogen) atoms. The van der Waals surface area contributed by atoms with Gasteiger partial charge < -0.3 is 9.84 Å². The van der Waals surface area contributed by atoms with Crippen LogP contribution in [0.5, 0.6) is 0 Å². The number of allylic oxidation sites excluding steroid dienone is 1. The Balaban J connectivity index is 2.30. The van der Waals surface area contributed by atoms with Crippen molar-refractivity contribution < 1.29 is 9.84 Å². The van der Waals surface area contributed by atoms with Crippen molar-refractivity contribution in [3.8, 4) is 0 Å². The fraction of sp³-hybridized carbons (Fsp3) is 0.846. The van der Waals surface area contributed by atoms with Crippen LogP contribution < -0.4 is 0 Å². The molecule has 0 fully saturated rings. The largest absolute Gasteiger partial charge is 0.389 e. The van der Waals surface area contributed by atoms with Gasteiger partial charge in [-0.25, -0.2) is 0 Å². The molecule has 2 heteroatoms. The number of aliphatic hydroxyl groups excluding tert-OH is 1. The van der Waals surface area contributed by atoms with Crippen LogP contribution in [0.4, 0.5) is 0 Å². The van der Waals surface area contributed by atoms with E-state index in [0.717, 1.165) is 32.3 Å². The van der Waals surface area contributed by atoms with Crippen LogP contribution in [0, 0.1) is 0 Å². The molecular weight excluding hydrogens is 188 g/mol. The Bertz CT molecular complexity index is 187. The zero-order valence-electron chi connectivity index (χ0n) is 9.87. The molecule has 0 spiro atoms. The van der Waals surface area contributed by atoms with Crippen molar-refractivity contribution in [3.05, 3.63) is 11.6 Å². The van der Waals surface area contributed by atoms with Crippen LogP contribution in [0.3, 0.4) is 0 Å². The van der Waals surface area contributed by atoms with Crippen molar-refractivity contribution in [2.75, 3.05) is 13.7 Å². The SMILES string of the molecule is COCCCC(O)C1=CCCCCCC1. The first kappa shape index (κ1) is 12.7. The van der Waals surface area contributed by atoms with Gasteiger partial charge in [0.2, 0.25) is 0 Å². The molecule has 0 aliphatic heterocycles. The van der Waals surface area contributed by atoms with Crippen molar-refractivity contribution in [1.82, 2.24) is 0 Å². The van der Waals surface area contributed by atoms with E-state index in [0.29, 0.717) is 0 Å². The van der Waals surface area contributed by atoms with Crippen molar-refractivity contribution >= 4 is 0 Å². The lowest BCUT2D eigenvalue weighted by Crippen LogP contribution is -2.12. The van der Waals surface area contributed by atoms with E-state index in [1.807, 2.05) is 0 Å². The number of aliphatic hydroxyl groups is 1. The van der Waals surface area contributed by atoms with E-state index in [-0.39, 0.29) is 6.10 Å². The van der Waals surface area contributed by atoms with E-state index in [4.69, 9.17) is 4.74 Å². The molecule has 0 aromatic carbocycles. The van der Waals surface area contributed by atoms with Gasteiger partial charge in [-0.2, -0.15) is 0 Å². The second kappa shape index (κ2) is 7.89. The van der Waals surface area contributed by atoms with Gasteiger partial charge in [0, 0.05) is 13.7 Å². The molecule has 1 unspecified atom stereocenters. The fourth-order valence-corrected chi connectivity index (χ4v) is 2.13. The lowest BCUT2D eigenvalue weighted by molar-refractivity contribution is 0.153. The highest BCUT2D eigenvalue weighted by Gasteiger charge is 2.11. The highest BCUT2D eigenvalue weighted by Crippen LogP contribution is 2.21. The number of hydrogen-bond acceptors (Lipinski definition) is 2. The number of rotatable bonds is 5. The van der Waals surface area contributed by atoms with Gasteiger partial charge in [-0.3, -0.25) is 0 Å². The summed E-state index contributed by atoms with van der Waals surface area (Å²) in [4.78, 5) is 0. The molecule has 1 atom stereocenters. The van der Waals surface area contributed by atoms with Gasteiger partial charge in [-0.15, -0.1) is 0 Å². The third-order valence-corrected chi connectivity index (χ3v) is 3.08. The first-order chi connectivity index (χ1) is 7.34. The van der Waals surface area contributed by atoms with E-state index in [1.54, 1.807) is 7.11 Å². The third-order valence-electron chi connectivity index (χ3n) is 3.08. The zero-order chi connectivity index (χ0) is 10.9. The molecule has 1 rings (SSSR count). The number of hydrogen-bond donors (Lipinski definition) is 1. The second-order valence-electron chi connectivity index (χ2n) is 4.38. The molecule has 0 aromatic rings. The summed E-state index contributed by atoms with van der Waals surface area (Å²) in [5.41, 5.74) is 1.27. The molecule has 1 aliphatic rings. The minimum absolute atomic E-state index is 0.224. The molecule has 0 bridgehead atoms. The van der Waals surface area contributed by atoms with Crippen molar-refractivity contribution in [2.45, 2.75) is 57.5 Å². The number of methoxy groups -OCH3 is 1. The Morgan fingerprint density at radius 1 is 1.33 bits per heavy atom. The minimum atomic E-state index is -0.224. The summed E-state index contributed by atoms with van der Waals surface area (Å²) in [5.74, 6) is 0. The highest BCUT2D eigenvalue weighted by atomic mass is 16.5. The predicted octanol–water partition coefficient (Wildman–Crippen LogP) is 3.05. The van der Waals surface area contributed by atoms with Gasteiger partial charge in [0.25, 0.3) is 0 Å². The maximum Gasteiger partial charge on any atom is 0.0751 e. The van der Waals surface area contributed by atoms with Crippen LogP contribution in [-0.2, 0) is 4.74 Å². The summed E-state index contributed by atoms with van der Waals surface area (Å²) < 4.78 is 4.99. The topological polar surface area (TPSA) is 29.5 Å². The van der Waals surface area contributed by atoms with Crippen molar-refractivity contribution in [1.29, 1.82) is 0 Å². The standard InChI is InChI=1S/C13H24O2/c1-15-11-7-10-13(14)12-8-5-3-2-4-6-9-12/h8,13-14H,2-7,9-11H2,1H3. The summed E-state index contributed by atoms with van der Waals surface area (Å²) >= 11 is 0.